The van der Waals surface area contributed by atoms with Gasteiger partial charge in [0.15, 0.2) is 0 Å². The van der Waals surface area contributed by atoms with Crippen molar-refractivity contribution in [2.75, 3.05) is 6.61 Å². The van der Waals surface area contributed by atoms with E-state index in [4.69, 9.17) is 4.74 Å². The molecule has 0 unspecified atom stereocenters. The van der Waals surface area contributed by atoms with Crippen molar-refractivity contribution in [2.24, 2.45) is 0 Å². The topological polar surface area (TPSA) is 33.0 Å². The zero-order valence-electron chi connectivity index (χ0n) is 13.7. The number of nitriles is 1. The van der Waals surface area contributed by atoms with Crippen LogP contribution in [-0.2, 0) is 10.8 Å². The number of nitrogens with zero attached hydrogens (tertiary/aromatic N) is 1. The average Bonchev–Trinajstić information content (AvgIpc) is 2.38. The van der Waals surface area contributed by atoms with Gasteiger partial charge >= 0.3 is 0 Å². The molecule has 1 aromatic carbocycles. The van der Waals surface area contributed by atoms with Crippen molar-refractivity contribution >= 4 is 0 Å². The van der Waals surface area contributed by atoms with Crippen LogP contribution in [0, 0.1) is 11.3 Å². The van der Waals surface area contributed by atoms with E-state index < -0.39 is 5.41 Å². The van der Waals surface area contributed by atoms with Crippen LogP contribution in [0.15, 0.2) is 18.2 Å². The molecule has 0 atom stereocenters. The van der Waals surface area contributed by atoms with Crippen molar-refractivity contribution in [2.45, 2.75) is 65.2 Å². The number of rotatable bonds is 5. The van der Waals surface area contributed by atoms with Gasteiger partial charge in [-0.2, -0.15) is 5.26 Å². The Kier molecular flexibility index (Phi) is 5.22. The highest BCUT2D eigenvalue weighted by Gasteiger charge is 2.26. The molecule has 2 nitrogen and oxygen atoms in total. The largest absolute Gasteiger partial charge is 0.493 e. The summed E-state index contributed by atoms with van der Waals surface area (Å²) in [6.07, 6.45) is 2.14. The van der Waals surface area contributed by atoms with Crippen LogP contribution in [0.4, 0.5) is 0 Å². The highest BCUT2D eigenvalue weighted by Crippen LogP contribution is 2.35. The normalized spacial score (nSPS) is 12.1. The molecule has 1 aromatic rings. The van der Waals surface area contributed by atoms with E-state index in [1.807, 2.05) is 19.9 Å². The summed E-state index contributed by atoms with van der Waals surface area (Å²) < 4.78 is 5.88. The monoisotopic (exact) mass is 273 g/mol. The smallest absolute Gasteiger partial charge is 0.124 e. The van der Waals surface area contributed by atoms with Crippen molar-refractivity contribution in [3.05, 3.63) is 29.3 Å². The third kappa shape index (κ3) is 4.00. The van der Waals surface area contributed by atoms with Gasteiger partial charge in [0.1, 0.15) is 5.75 Å². The predicted octanol–water partition coefficient (Wildman–Crippen LogP) is 4.96. The quantitative estimate of drug-likeness (QED) is 0.710. The third-order valence-electron chi connectivity index (χ3n) is 3.55. The first-order valence-corrected chi connectivity index (χ1v) is 7.41. The van der Waals surface area contributed by atoms with E-state index in [1.165, 1.54) is 5.56 Å². The Balaban J connectivity index is 3.21. The van der Waals surface area contributed by atoms with Gasteiger partial charge in [-0.1, -0.05) is 40.2 Å². The first-order valence-electron chi connectivity index (χ1n) is 7.41. The maximum atomic E-state index is 9.43. The Labute approximate surface area is 123 Å². The van der Waals surface area contributed by atoms with Crippen LogP contribution in [0.5, 0.6) is 5.75 Å². The fraction of sp³-hybridized carbons (Fsp3) is 0.611. The zero-order chi connectivity index (χ0) is 15.4. The average molecular weight is 273 g/mol. The molecule has 2 heteroatoms. The van der Waals surface area contributed by atoms with Gasteiger partial charge in [0, 0.05) is 5.56 Å². The fourth-order valence-electron chi connectivity index (χ4n) is 2.00. The summed E-state index contributed by atoms with van der Waals surface area (Å²) in [7, 11) is 0. The first-order chi connectivity index (χ1) is 9.22. The minimum Gasteiger partial charge on any atom is -0.493 e. The Bertz CT molecular complexity index is 489. The van der Waals surface area contributed by atoms with Crippen molar-refractivity contribution in [3.63, 3.8) is 0 Å². The van der Waals surface area contributed by atoms with Crippen LogP contribution in [0.25, 0.3) is 0 Å². The number of hydrogen-bond donors (Lipinski definition) is 0. The fourth-order valence-corrected chi connectivity index (χ4v) is 2.00. The highest BCUT2D eigenvalue weighted by molar-refractivity contribution is 5.46. The molecule has 0 aliphatic heterocycles. The number of hydrogen-bond acceptors (Lipinski definition) is 2. The molecule has 0 aliphatic rings. The maximum Gasteiger partial charge on any atom is 0.124 e. The van der Waals surface area contributed by atoms with Gasteiger partial charge < -0.3 is 4.74 Å². The second-order valence-electron chi connectivity index (χ2n) is 6.90. The van der Waals surface area contributed by atoms with Gasteiger partial charge in [0.05, 0.1) is 18.1 Å². The lowest BCUT2D eigenvalue weighted by Crippen LogP contribution is -2.19. The molecule has 20 heavy (non-hydrogen) atoms. The zero-order valence-corrected chi connectivity index (χ0v) is 13.7. The molecule has 0 saturated carbocycles. The Morgan fingerprint density at radius 2 is 1.80 bits per heavy atom. The summed E-state index contributed by atoms with van der Waals surface area (Å²) in [5.41, 5.74) is 1.76. The van der Waals surface area contributed by atoms with Crippen LogP contribution in [-0.4, -0.2) is 6.61 Å². The van der Waals surface area contributed by atoms with E-state index in [2.05, 4.69) is 45.9 Å². The van der Waals surface area contributed by atoms with Crippen LogP contribution in [0.3, 0.4) is 0 Å². The molecule has 0 saturated heterocycles. The lowest BCUT2D eigenvalue weighted by Gasteiger charge is -2.25. The van der Waals surface area contributed by atoms with Gasteiger partial charge in [0.2, 0.25) is 0 Å². The number of unbranched alkanes of at least 4 members (excludes halogenated alkanes) is 1. The van der Waals surface area contributed by atoms with E-state index in [9.17, 15) is 5.26 Å². The predicted molar refractivity (Wildman–Crippen MR) is 84.2 cm³/mol. The third-order valence-corrected chi connectivity index (χ3v) is 3.55. The first kappa shape index (κ1) is 16.6. The minimum absolute atomic E-state index is 0.0717. The molecule has 0 bridgehead atoms. The van der Waals surface area contributed by atoms with Crippen LogP contribution in [0.1, 0.15) is 65.5 Å². The summed E-state index contributed by atoms with van der Waals surface area (Å²) in [4.78, 5) is 0. The standard InChI is InChI=1S/C18H27NO/c1-7-8-11-20-16-10-9-14(17(2,3)4)12-15(16)18(5,6)13-19/h9-10,12H,7-8,11H2,1-6H3. The molecular formula is C18H27NO. The lowest BCUT2D eigenvalue weighted by molar-refractivity contribution is 0.303. The Morgan fingerprint density at radius 1 is 1.15 bits per heavy atom. The lowest BCUT2D eigenvalue weighted by atomic mass is 9.80. The van der Waals surface area contributed by atoms with Crippen molar-refractivity contribution < 1.29 is 4.74 Å². The summed E-state index contributed by atoms with van der Waals surface area (Å²) in [6, 6.07) is 8.64. The van der Waals surface area contributed by atoms with E-state index in [1.54, 1.807) is 0 Å². The van der Waals surface area contributed by atoms with E-state index in [-0.39, 0.29) is 5.41 Å². The van der Waals surface area contributed by atoms with Gasteiger partial charge in [-0.3, -0.25) is 0 Å². The highest BCUT2D eigenvalue weighted by atomic mass is 16.5. The van der Waals surface area contributed by atoms with Crippen molar-refractivity contribution in [3.8, 4) is 11.8 Å². The molecule has 0 aliphatic carbocycles. The molecular weight excluding hydrogens is 246 g/mol. The molecule has 0 amide bonds. The molecule has 0 fully saturated rings. The minimum atomic E-state index is -0.539. The second kappa shape index (κ2) is 6.31. The van der Waals surface area contributed by atoms with Crippen LogP contribution < -0.4 is 4.74 Å². The number of benzene rings is 1. The summed E-state index contributed by atoms with van der Waals surface area (Å²) in [5.74, 6) is 0.845. The summed E-state index contributed by atoms with van der Waals surface area (Å²) in [5, 5.41) is 9.43. The summed E-state index contributed by atoms with van der Waals surface area (Å²) >= 11 is 0. The molecule has 0 aromatic heterocycles. The SMILES string of the molecule is CCCCOc1ccc(C(C)(C)C)cc1C(C)(C)C#N. The van der Waals surface area contributed by atoms with Gasteiger partial charge in [0.25, 0.3) is 0 Å². The second-order valence-corrected chi connectivity index (χ2v) is 6.90. The number of ether oxygens (including phenoxy) is 1. The van der Waals surface area contributed by atoms with Gasteiger partial charge in [-0.25, -0.2) is 0 Å². The molecule has 110 valence electrons. The van der Waals surface area contributed by atoms with E-state index in [0.717, 1.165) is 24.2 Å². The van der Waals surface area contributed by atoms with Crippen molar-refractivity contribution in [1.82, 2.24) is 0 Å². The molecule has 1 rings (SSSR count). The van der Waals surface area contributed by atoms with E-state index in [0.29, 0.717) is 6.61 Å². The molecule has 0 heterocycles. The summed E-state index contributed by atoms with van der Waals surface area (Å²) in [6.45, 7) is 13.3. The van der Waals surface area contributed by atoms with Crippen LogP contribution >= 0.6 is 0 Å². The van der Waals surface area contributed by atoms with Crippen molar-refractivity contribution in [1.29, 1.82) is 5.26 Å². The van der Waals surface area contributed by atoms with Gasteiger partial charge in [-0.15, -0.1) is 0 Å². The van der Waals surface area contributed by atoms with Crippen LogP contribution in [0.2, 0.25) is 0 Å². The van der Waals surface area contributed by atoms with Gasteiger partial charge in [-0.05, 0) is 43.4 Å². The maximum absolute atomic E-state index is 9.43. The Morgan fingerprint density at radius 3 is 2.30 bits per heavy atom. The molecule has 0 radical (unpaired) electrons. The molecule has 0 N–H and O–H groups in total. The Hall–Kier alpha value is -1.49. The molecule has 0 spiro atoms. The van der Waals surface area contributed by atoms with E-state index >= 15 is 0 Å².